The van der Waals surface area contributed by atoms with Crippen LogP contribution in [-0.4, -0.2) is 85.8 Å². The summed E-state index contributed by atoms with van der Waals surface area (Å²) < 4.78 is 52.7. The summed E-state index contributed by atoms with van der Waals surface area (Å²) in [6, 6.07) is 14.0. The minimum atomic E-state index is -4.05. The predicted octanol–water partition coefficient (Wildman–Crippen LogP) is 3.75. The Morgan fingerprint density at radius 2 is 1.87 bits per heavy atom. The number of ether oxygens (including phenoxy) is 3. The van der Waals surface area contributed by atoms with Gasteiger partial charge in [-0.05, 0) is 55.4 Å². The predicted molar refractivity (Wildman–Crippen MR) is 168 cm³/mol. The highest BCUT2D eigenvalue weighted by Gasteiger charge is 2.56. The van der Waals surface area contributed by atoms with Crippen LogP contribution in [0.4, 0.5) is 10.8 Å². The van der Waals surface area contributed by atoms with Crippen LogP contribution in [0.25, 0.3) is 11.1 Å². The van der Waals surface area contributed by atoms with Crippen molar-refractivity contribution in [1.82, 2.24) is 14.6 Å². The van der Waals surface area contributed by atoms with Gasteiger partial charge in [-0.1, -0.05) is 44.2 Å². The van der Waals surface area contributed by atoms with Gasteiger partial charge in [0.05, 0.1) is 30.3 Å². The number of anilines is 1. The molecule has 46 heavy (non-hydrogen) atoms. The molecule has 0 spiro atoms. The van der Waals surface area contributed by atoms with Crippen LogP contribution < -0.4 is 10.6 Å². The van der Waals surface area contributed by atoms with Gasteiger partial charge in [-0.3, -0.25) is 0 Å². The van der Waals surface area contributed by atoms with Crippen LogP contribution in [0.1, 0.15) is 38.7 Å². The number of oxazole rings is 1. The number of carbonyl (C=O) groups excluding carboxylic acids is 1. The molecule has 3 unspecified atom stereocenters. The summed E-state index contributed by atoms with van der Waals surface area (Å²) in [5.74, 6) is 0.372. The van der Waals surface area contributed by atoms with Crippen LogP contribution in [0.3, 0.4) is 0 Å². The number of sulfonamides is 1. The number of aliphatic hydroxyl groups excluding tert-OH is 1. The molecule has 3 aromatic rings. The SMILES string of the molecule is CC(C)CN(C[C@@H](O)[C@H](Cc1ccccc1)NC(=O)O[C@H]1C2CO[C@H]3OCC1C3C2)S(=O)(=O)c1ccc2oc(NC3CC3)nc2c1. The van der Waals surface area contributed by atoms with E-state index in [4.69, 9.17) is 18.6 Å². The van der Waals surface area contributed by atoms with Gasteiger partial charge in [-0.2, -0.15) is 9.29 Å². The minimum absolute atomic E-state index is 0.0287. The largest absolute Gasteiger partial charge is 0.445 e. The molecule has 2 aliphatic heterocycles. The zero-order valence-electron chi connectivity index (χ0n) is 26.1. The molecule has 2 saturated carbocycles. The molecule has 1 aromatic heterocycles. The summed E-state index contributed by atoms with van der Waals surface area (Å²) in [6.45, 7) is 4.74. The van der Waals surface area contributed by atoms with E-state index in [9.17, 15) is 18.3 Å². The van der Waals surface area contributed by atoms with Gasteiger partial charge in [0.1, 0.15) is 11.6 Å². The lowest BCUT2D eigenvalue weighted by molar-refractivity contribution is -0.169. The van der Waals surface area contributed by atoms with Crippen LogP contribution in [0, 0.1) is 23.7 Å². The first kappa shape index (κ1) is 31.4. The monoisotopic (exact) mass is 654 g/mol. The number of fused-ring (bicyclic) bond motifs is 2. The van der Waals surface area contributed by atoms with Crippen molar-refractivity contribution in [3.63, 3.8) is 0 Å². The molecule has 2 aromatic carbocycles. The van der Waals surface area contributed by atoms with E-state index >= 15 is 0 Å². The zero-order chi connectivity index (χ0) is 32.0. The molecule has 7 rings (SSSR count). The van der Waals surface area contributed by atoms with E-state index in [1.807, 2.05) is 44.2 Å². The number of hydrogen-bond donors (Lipinski definition) is 3. The van der Waals surface area contributed by atoms with Crippen LogP contribution in [0.2, 0.25) is 0 Å². The Morgan fingerprint density at radius 3 is 2.63 bits per heavy atom. The second kappa shape index (κ2) is 12.8. The highest BCUT2D eigenvalue weighted by Crippen LogP contribution is 2.49. The molecular formula is C33H42N4O8S. The molecule has 4 aliphatic rings. The summed E-state index contributed by atoms with van der Waals surface area (Å²) in [5.41, 5.74) is 1.80. The summed E-state index contributed by atoms with van der Waals surface area (Å²) in [7, 11) is -4.05. The first-order valence-corrected chi connectivity index (χ1v) is 17.7. The van der Waals surface area contributed by atoms with Gasteiger partial charge in [0, 0.05) is 36.9 Å². The van der Waals surface area contributed by atoms with Gasteiger partial charge in [-0.15, -0.1) is 0 Å². The molecule has 2 saturated heterocycles. The van der Waals surface area contributed by atoms with Gasteiger partial charge < -0.3 is 34.4 Å². The number of amides is 1. The third-order valence-electron chi connectivity index (χ3n) is 9.46. The quantitative estimate of drug-likeness (QED) is 0.249. The molecule has 248 valence electrons. The lowest BCUT2D eigenvalue weighted by Crippen LogP contribution is -2.52. The van der Waals surface area contributed by atoms with Crippen molar-refractivity contribution in [2.75, 3.05) is 31.6 Å². The maximum atomic E-state index is 14.1. The number of aromatic nitrogens is 1. The second-order valence-electron chi connectivity index (χ2n) is 13.5. The molecular weight excluding hydrogens is 612 g/mol. The molecule has 2 bridgehead atoms. The van der Waals surface area contributed by atoms with Crippen molar-refractivity contribution >= 4 is 33.2 Å². The second-order valence-corrected chi connectivity index (χ2v) is 15.5. The fourth-order valence-electron chi connectivity index (χ4n) is 7.00. The third kappa shape index (κ3) is 6.61. The lowest BCUT2D eigenvalue weighted by atomic mass is 9.98. The molecule has 7 atom stereocenters. The highest BCUT2D eigenvalue weighted by molar-refractivity contribution is 7.89. The van der Waals surface area contributed by atoms with Crippen molar-refractivity contribution in [3.8, 4) is 0 Å². The summed E-state index contributed by atoms with van der Waals surface area (Å²) >= 11 is 0. The van der Waals surface area contributed by atoms with E-state index in [-0.39, 0.29) is 60.5 Å². The molecule has 3 N–H and O–H groups in total. The van der Waals surface area contributed by atoms with Gasteiger partial charge >= 0.3 is 6.09 Å². The van der Waals surface area contributed by atoms with Crippen molar-refractivity contribution in [1.29, 1.82) is 0 Å². The molecule has 2 aliphatic carbocycles. The number of nitrogens with zero attached hydrogens (tertiary/aromatic N) is 2. The number of rotatable bonds is 13. The number of nitrogens with one attached hydrogen (secondary N) is 2. The number of alkyl carbamates (subject to hydrolysis) is 1. The topological polar surface area (TPSA) is 152 Å². The average molecular weight is 655 g/mol. The number of hydrogen-bond acceptors (Lipinski definition) is 10. The van der Waals surface area contributed by atoms with Gasteiger partial charge in [-0.25, -0.2) is 13.2 Å². The van der Waals surface area contributed by atoms with Crippen molar-refractivity contribution in [2.45, 2.75) is 75.0 Å². The Labute approximate surface area is 268 Å². The van der Waals surface area contributed by atoms with Gasteiger partial charge in [0.15, 0.2) is 11.9 Å². The van der Waals surface area contributed by atoms with Crippen LogP contribution in [0.15, 0.2) is 57.8 Å². The summed E-state index contributed by atoms with van der Waals surface area (Å²) in [6.07, 6.45) is 0.821. The Hall–Kier alpha value is -3.23. The Morgan fingerprint density at radius 1 is 1.09 bits per heavy atom. The fourth-order valence-corrected chi connectivity index (χ4v) is 8.65. The van der Waals surface area contributed by atoms with E-state index in [1.54, 1.807) is 6.07 Å². The van der Waals surface area contributed by atoms with Crippen LogP contribution in [-0.2, 0) is 30.7 Å². The van der Waals surface area contributed by atoms with E-state index in [0.717, 1.165) is 24.8 Å². The number of benzene rings is 2. The molecule has 1 amide bonds. The van der Waals surface area contributed by atoms with Crippen molar-refractivity contribution < 1.29 is 36.9 Å². The standard InChI is InChI=1S/C33H42N4O8S/c1-19(2)15-37(46(40,41)23-10-11-29-27(14-23)35-32(44-29)34-22-8-9-22)16-28(38)26(12-20-6-4-3-5-7-20)36-33(39)45-30-21-13-24-25(30)18-43-31(24)42-17-21/h3-7,10-11,14,19,21-22,24-26,28,30-31,38H,8-9,12-13,15-18H2,1-2H3,(H,34,35)(H,36,39)/t21?,24?,25?,26-,28+,30-,31-/m0/s1. The van der Waals surface area contributed by atoms with Crippen molar-refractivity contribution in [2.24, 2.45) is 23.7 Å². The van der Waals surface area contributed by atoms with Gasteiger partial charge in [0.25, 0.3) is 6.01 Å². The number of aliphatic hydroxyl groups is 1. The zero-order valence-corrected chi connectivity index (χ0v) is 26.9. The van der Waals surface area contributed by atoms with Crippen LogP contribution in [0.5, 0.6) is 0 Å². The summed E-state index contributed by atoms with van der Waals surface area (Å²) in [4.78, 5) is 17.9. The van der Waals surface area contributed by atoms with E-state index < -0.39 is 28.3 Å². The number of carbonyl (C=O) groups is 1. The van der Waals surface area contributed by atoms with E-state index in [1.165, 1.54) is 16.4 Å². The maximum absolute atomic E-state index is 14.1. The molecule has 3 heterocycles. The highest BCUT2D eigenvalue weighted by atomic mass is 32.2. The van der Waals surface area contributed by atoms with Gasteiger partial charge in [0.2, 0.25) is 10.0 Å². The Kier molecular flexibility index (Phi) is 8.70. The first-order valence-electron chi connectivity index (χ1n) is 16.2. The van der Waals surface area contributed by atoms with E-state index in [2.05, 4.69) is 15.6 Å². The normalized spacial score (nSPS) is 26.8. The maximum Gasteiger partial charge on any atom is 0.407 e. The van der Waals surface area contributed by atoms with E-state index in [0.29, 0.717) is 36.4 Å². The molecule has 0 radical (unpaired) electrons. The van der Waals surface area contributed by atoms with Crippen molar-refractivity contribution in [3.05, 3.63) is 54.1 Å². The molecule has 13 heteroatoms. The molecule has 12 nitrogen and oxygen atoms in total. The minimum Gasteiger partial charge on any atom is -0.445 e. The first-order chi connectivity index (χ1) is 22.1. The third-order valence-corrected chi connectivity index (χ3v) is 11.3. The van der Waals surface area contributed by atoms with Crippen LogP contribution >= 0.6 is 0 Å². The summed E-state index contributed by atoms with van der Waals surface area (Å²) in [5, 5.41) is 17.7. The lowest BCUT2D eigenvalue weighted by Gasteiger charge is -2.31. The molecule has 4 fully saturated rings. The Balaban J connectivity index is 1.09. The smallest absolute Gasteiger partial charge is 0.407 e. The Bertz CT molecular complexity index is 1650. The fraction of sp³-hybridized carbons (Fsp3) is 0.576. The average Bonchev–Trinajstić information content (AvgIpc) is 3.48.